The van der Waals surface area contributed by atoms with E-state index < -0.39 is 7.82 Å². The minimum atomic E-state index is -4.42. The Balaban J connectivity index is 1.15. The van der Waals surface area contributed by atoms with Crippen LogP contribution in [0.5, 0.6) is 11.5 Å². The molecule has 0 radical (unpaired) electrons. The number of amides is 1. The van der Waals surface area contributed by atoms with Crippen LogP contribution in [0, 0.1) is 5.92 Å². The lowest BCUT2D eigenvalue weighted by atomic mass is 9.98. The van der Waals surface area contributed by atoms with Crippen molar-refractivity contribution in [3.8, 4) is 11.5 Å². The van der Waals surface area contributed by atoms with Gasteiger partial charge in [-0.15, -0.1) is 0 Å². The number of fused-ring (bicyclic) bond motifs is 1. The van der Waals surface area contributed by atoms with E-state index in [1.54, 1.807) is 49.7 Å². The van der Waals surface area contributed by atoms with Gasteiger partial charge in [0.25, 0.3) is 5.91 Å². The van der Waals surface area contributed by atoms with Gasteiger partial charge in [0.2, 0.25) is 0 Å². The number of methoxy groups -OCH3 is 1. The lowest BCUT2D eigenvalue weighted by Crippen LogP contribution is -2.36. The molecule has 0 aliphatic carbocycles. The van der Waals surface area contributed by atoms with Gasteiger partial charge >= 0.3 is 7.82 Å². The molecule has 0 unspecified atom stereocenters. The zero-order chi connectivity index (χ0) is 31.8. The number of carbonyl (C=O) groups excluding carboxylic acids is 1. The Kier molecular flexibility index (Phi) is 10.8. The van der Waals surface area contributed by atoms with Crippen LogP contribution in [0.3, 0.4) is 0 Å². The number of ether oxygens (including phenoxy) is 2. The highest BCUT2D eigenvalue weighted by Crippen LogP contribution is 2.37. The Morgan fingerprint density at radius 3 is 2.62 bits per heavy atom. The van der Waals surface area contributed by atoms with Crippen LogP contribution in [-0.4, -0.2) is 75.5 Å². The summed E-state index contributed by atoms with van der Waals surface area (Å²) in [5.74, 6) is 1.90. The number of halogens is 1. The third-order valence-corrected chi connectivity index (χ3v) is 8.06. The predicted octanol–water partition coefficient (Wildman–Crippen LogP) is 5.27. The molecule has 2 aromatic heterocycles. The van der Waals surface area contributed by atoms with Crippen molar-refractivity contribution in [2.45, 2.75) is 19.3 Å². The summed E-state index contributed by atoms with van der Waals surface area (Å²) in [6, 6.07) is 13.8. The summed E-state index contributed by atoms with van der Waals surface area (Å²) >= 11 is 5.98. The first-order valence-electron chi connectivity index (χ1n) is 14.3. The molecule has 1 fully saturated rings. The van der Waals surface area contributed by atoms with E-state index in [0.29, 0.717) is 51.5 Å². The highest BCUT2D eigenvalue weighted by molar-refractivity contribution is 7.46. The average molecular weight is 657 g/mol. The first-order chi connectivity index (χ1) is 21.7. The maximum absolute atomic E-state index is 12.5. The van der Waals surface area contributed by atoms with E-state index in [2.05, 4.69) is 35.0 Å². The topological polar surface area (TPSA) is 168 Å². The molecule has 1 aliphatic rings. The molecule has 0 saturated carbocycles. The van der Waals surface area contributed by atoms with E-state index in [-0.39, 0.29) is 18.4 Å². The van der Waals surface area contributed by atoms with Gasteiger partial charge in [0.15, 0.2) is 11.5 Å². The van der Waals surface area contributed by atoms with Crippen molar-refractivity contribution >= 4 is 53.6 Å². The molecule has 0 bridgehead atoms. The third kappa shape index (κ3) is 9.33. The summed E-state index contributed by atoms with van der Waals surface area (Å²) in [6.07, 6.45) is 5.51. The van der Waals surface area contributed by atoms with E-state index in [4.69, 9.17) is 30.9 Å². The Bertz CT molecular complexity index is 1660. The van der Waals surface area contributed by atoms with Gasteiger partial charge < -0.3 is 34.8 Å². The molecule has 13 nitrogen and oxygen atoms in total. The maximum Gasteiger partial charge on any atom is 0.469 e. The Labute approximate surface area is 265 Å². The van der Waals surface area contributed by atoms with Crippen LogP contribution >= 0.6 is 19.4 Å². The predicted molar refractivity (Wildman–Crippen MR) is 170 cm³/mol. The summed E-state index contributed by atoms with van der Waals surface area (Å²) in [7, 11) is -2.85. The van der Waals surface area contributed by atoms with Gasteiger partial charge in [0.1, 0.15) is 18.0 Å². The minimum absolute atomic E-state index is 0.0815. The largest absolute Gasteiger partial charge is 0.493 e. The molecule has 1 aliphatic heterocycles. The molecule has 3 heterocycles. The van der Waals surface area contributed by atoms with Gasteiger partial charge in [-0.05, 0) is 74.7 Å². The van der Waals surface area contributed by atoms with Crippen molar-refractivity contribution in [3.63, 3.8) is 0 Å². The average Bonchev–Trinajstić information content (AvgIpc) is 3.03. The Hall–Kier alpha value is -3.84. The van der Waals surface area contributed by atoms with Gasteiger partial charge in [-0.3, -0.25) is 9.32 Å². The fourth-order valence-electron chi connectivity index (χ4n) is 4.98. The van der Waals surface area contributed by atoms with E-state index in [1.807, 2.05) is 12.1 Å². The van der Waals surface area contributed by atoms with Crippen LogP contribution in [-0.2, 0) is 9.09 Å². The van der Waals surface area contributed by atoms with Gasteiger partial charge in [-0.25, -0.2) is 19.5 Å². The SMILES string of the molecule is COc1cc2c(Nc3ccc(NC(=O)c4cccc(Cl)c4)nc3)ncnc2cc1OCCCN1CCC(COP(=O)(O)O)CC1. The fourth-order valence-corrected chi connectivity index (χ4v) is 5.58. The summed E-state index contributed by atoms with van der Waals surface area (Å²) in [4.78, 5) is 45.8. The number of phosphoric acid groups is 1. The number of nitrogens with one attached hydrogen (secondary N) is 2. The molecule has 5 rings (SSSR count). The number of rotatable bonds is 13. The van der Waals surface area contributed by atoms with E-state index in [9.17, 15) is 9.36 Å². The normalized spacial score (nSPS) is 14.3. The lowest BCUT2D eigenvalue weighted by Gasteiger charge is -2.31. The number of hydrogen-bond donors (Lipinski definition) is 4. The monoisotopic (exact) mass is 656 g/mol. The Morgan fingerprint density at radius 1 is 1.09 bits per heavy atom. The fraction of sp³-hybridized carbons (Fsp3) is 0.333. The maximum atomic E-state index is 12.5. The molecule has 15 heteroatoms. The number of pyridine rings is 1. The first kappa shape index (κ1) is 32.6. The van der Waals surface area contributed by atoms with Gasteiger partial charge in [-0.2, -0.15) is 0 Å². The number of aromatic nitrogens is 3. The molecular formula is C30H34ClN6O7P. The molecule has 0 spiro atoms. The molecule has 2 aromatic carbocycles. The summed E-state index contributed by atoms with van der Waals surface area (Å²) in [5, 5.41) is 7.21. The molecule has 1 saturated heterocycles. The molecule has 238 valence electrons. The van der Waals surface area contributed by atoms with Crippen LogP contribution in [0.2, 0.25) is 5.02 Å². The van der Waals surface area contributed by atoms with Crippen LogP contribution in [0.25, 0.3) is 10.9 Å². The smallest absolute Gasteiger partial charge is 0.469 e. The van der Waals surface area contributed by atoms with Gasteiger partial charge in [0, 0.05) is 28.6 Å². The second-order valence-corrected chi connectivity index (χ2v) is 12.2. The molecule has 0 atom stereocenters. The van der Waals surface area contributed by atoms with Crippen LogP contribution in [0.1, 0.15) is 29.6 Å². The number of anilines is 3. The number of carbonyl (C=O) groups is 1. The number of nitrogens with zero attached hydrogens (tertiary/aromatic N) is 4. The van der Waals surface area contributed by atoms with Crippen molar-refractivity contribution in [2.75, 3.05) is 50.6 Å². The molecular weight excluding hydrogens is 623 g/mol. The summed E-state index contributed by atoms with van der Waals surface area (Å²) in [6.45, 7) is 3.09. The highest BCUT2D eigenvalue weighted by Gasteiger charge is 2.23. The van der Waals surface area contributed by atoms with Crippen molar-refractivity contribution < 1.29 is 33.1 Å². The zero-order valence-corrected chi connectivity index (χ0v) is 26.2. The highest BCUT2D eigenvalue weighted by atomic mass is 35.5. The quantitative estimate of drug-likeness (QED) is 0.109. The standard InChI is InChI=1S/C30H34ClN6O7P/c1-42-26-15-24-25(16-27(26)43-13-3-10-37-11-8-20(9-12-37)18-44-45(39,40)41)33-19-34-29(24)35-23-6-7-28(32-17-23)36-30(38)21-4-2-5-22(31)14-21/h2,4-7,14-17,19-20H,3,8-13,18H2,1H3,(H,32,36,38)(H,33,34,35)(H2,39,40,41). The van der Waals surface area contributed by atoms with Crippen molar-refractivity contribution in [1.29, 1.82) is 0 Å². The number of piperidine rings is 1. The third-order valence-electron chi connectivity index (χ3n) is 7.34. The summed E-state index contributed by atoms with van der Waals surface area (Å²) < 4.78 is 27.3. The minimum Gasteiger partial charge on any atom is -0.493 e. The second-order valence-electron chi connectivity index (χ2n) is 10.5. The van der Waals surface area contributed by atoms with Crippen molar-refractivity contribution in [2.24, 2.45) is 5.92 Å². The van der Waals surface area contributed by atoms with E-state index in [0.717, 1.165) is 44.3 Å². The van der Waals surface area contributed by atoms with Crippen LogP contribution < -0.4 is 20.1 Å². The zero-order valence-electron chi connectivity index (χ0n) is 24.6. The van der Waals surface area contributed by atoms with E-state index >= 15 is 0 Å². The second kappa shape index (κ2) is 15.0. The number of likely N-dealkylation sites (tertiary alicyclic amines) is 1. The molecule has 45 heavy (non-hydrogen) atoms. The number of phosphoric ester groups is 1. The Morgan fingerprint density at radius 2 is 1.91 bits per heavy atom. The van der Waals surface area contributed by atoms with Crippen molar-refractivity contribution in [1.82, 2.24) is 19.9 Å². The van der Waals surface area contributed by atoms with Gasteiger partial charge in [-0.1, -0.05) is 17.7 Å². The molecule has 4 aromatic rings. The first-order valence-corrected chi connectivity index (χ1v) is 16.3. The lowest BCUT2D eigenvalue weighted by molar-refractivity contribution is 0.102. The summed E-state index contributed by atoms with van der Waals surface area (Å²) in [5.41, 5.74) is 1.76. The van der Waals surface area contributed by atoms with Crippen molar-refractivity contribution in [3.05, 3.63) is 71.6 Å². The van der Waals surface area contributed by atoms with E-state index in [1.165, 1.54) is 6.33 Å². The number of hydrogen-bond acceptors (Lipinski definition) is 10. The van der Waals surface area contributed by atoms with Gasteiger partial charge in [0.05, 0.1) is 37.7 Å². The number of benzene rings is 2. The molecule has 1 amide bonds. The molecule has 4 N–H and O–H groups in total. The van der Waals surface area contributed by atoms with Crippen LogP contribution in [0.15, 0.2) is 61.1 Å². The van der Waals surface area contributed by atoms with Crippen LogP contribution in [0.4, 0.5) is 17.3 Å².